The van der Waals surface area contributed by atoms with E-state index < -0.39 is 11.2 Å². The van der Waals surface area contributed by atoms with Gasteiger partial charge in [-0.05, 0) is 6.42 Å². The fourth-order valence-corrected chi connectivity index (χ4v) is 2.56. The number of aliphatic carboxylic acids is 1. The Kier molecular flexibility index (Phi) is 4.64. The van der Waals surface area contributed by atoms with Gasteiger partial charge >= 0.3 is 5.97 Å². The minimum atomic E-state index is -0.795. The molecule has 0 aliphatic rings. The van der Waals surface area contributed by atoms with Crippen LogP contribution in [0.2, 0.25) is 4.34 Å². The van der Waals surface area contributed by atoms with Gasteiger partial charge in [-0.15, -0.1) is 16.9 Å². The molecule has 0 aromatic carbocycles. The molecule has 0 saturated carbocycles. The van der Waals surface area contributed by atoms with Crippen molar-refractivity contribution in [3.8, 4) is 0 Å². The van der Waals surface area contributed by atoms with Crippen LogP contribution < -0.4 is 0 Å². The zero-order chi connectivity index (χ0) is 10.6. The molecule has 1 atom stereocenters. The lowest BCUT2D eigenvalue weighted by molar-refractivity contribution is -0.136. The van der Waals surface area contributed by atoms with Crippen LogP contribution in [-0.4, -0.2) is 25.9 Å². The average Bonchev–Trinajstić information content (AvgIpc) is 2.52. The van der Waals surface area contributed by atoms with Gasteiger partial charge in [-0.1, -0.05) is 23.0 Å². The van der Waals surface area contributed by atoms with Gasteiger partial charge in [-0.25, -0.2) is 0 Å². The normalized spacial score (nSPS) is 12.7. The molecular weight excluding hydrogens is 244 g/mol. The largest absolute Gasteiger partial charge is 0.480 e. The van der Waals surface area contributed by atoms with E-state index in [0.29, 0.717) is 22.2 Å². The molecule has 0 saturated heterocycles. The Balaban J connectivity index is 2.47. The molecule has 0 radical (unpaired) electrons. The summed E-state index contributed by atoms with van der Waals surface area (Å²) in [7, 11) is 0. The fourth-order valence-electron chi connectivity index (χ4n) is 0.826. The van der Waals surface area contributed by atoms with Gasteiger partial charge in [0.1, 0.15) is 15.3 Å². The Morgan fingerprint density at radius 3 is 2.93 bits per heavy atom. The van der Waals surface area contributed by atoms with Gasteiger partial charge < -0.3 is 5.11 Å². The van der Waals surface area contributed by atoms with Crippen LogP contribution in [0.5, 0.6) is 0 Å². The van der Waals surface area contributed by atoms with Crippen LogP contribution in [0, 0.1) is 0 Å². The minimum absolute atomic E-state index is 0.396. The summed E-state index contributed by atoms with van der Waals surface area (Å²) in [5.74, 6) is -0.294. The molecule has 0 fully saturated rings. The Morgan fingerprint density at radius 1 is 1.79 bits per heavy atom. The van der Waals surface area contributed by atoms with Crippen LogP contribution in [0.1, 0.15) is 19.0 Å². The Labute approximate surface area is 94.8 Å². The summed E-state index contributed by atoms with van der Waals surface area (Å²) in [4.78, 5) is 10.7. The smallest absolute Gasteiger partial charge is 0.316 e. The average molecular weight is 253 g/mol. The number of hydrogen-bond acceptors (Lipinski definition) is 5. The lowest BCUT2D eigenvalue weighted by Crippen LogP contribution is -2.15. The van der Waals surface area contributed by atoms with E-state index in [1.165, 1.54) is 11.8 Å². The maximum absolute atomic E-state index is 10.7. The van der Waals surface area contributed by atoms with E-state index in [0.717, 1.165) is 11.5 Å². The Bertz CT molecular complexity index is 318. The number of hydrogen-bond donors (Lipinski definition) is 1. The van der Waals surface area contributed by atoms with Crippen LogP contribution >= 0.6 is 34.9 Å². The van der Waals surface area contributed by atoms with Crippen molar-refractivity contribution in [2.45, 2.75) is 24.3 Å². The first-order chi connectivity index (χ1) is 6.65. The molecule has 1 heterocycles. The molecule has 1 rings (SSSR count). The molecule has 0 amide bonds. The molecule has 4 nitrogen and oxygen atoms in total. The van der Waals surface area contributed by atoms with Gasteiger partial charge in [0.05, 0.1) is 0 Å². The van der Waals surface area contributed by atoms with Crippen molar-refractivity contribution in [1.82, 2.24) is 9.59 Å². The standard InChI is InChI=1S/C7H9ClN2O2S2/c1-2-5(7(11)12)13-3-4-6(8)14-10-9-4/h5H,2-3H2,1H3,(H,11,12). The highest BCUT2D eigenvalue weighted by atomic mass is 35.5. The number of carbonyl (C=O) groups is 1. The second kappa shape index (κ2) is 5.53. The van der Waals surface area contributed by atoms with E-state index in [1.54, 1.807) is 0 Å². The molecule has 7 heteroatoms. The first kappa shape index (κ1) is 11.7. The van der Waals surface area contributed by atoms with E-state index in [-0.39, 0.29) is 0 Å². The van der Waals surface area contributed by atoms with Crippen LogP contribution in [0.4, 0.5) is 0 Å². The summed E-state index contributed by atoms with van der Waals surface area (Å²) >= 11 is 8.22. The van der Waals surface area contributed by atoms with Crippen LogP contribution in [-0.2, 0) is 10.5 Å². The topological polar surface area (TPSA) is 63.1 Å². The van der Waals surface area contributed by atoms with Crippen LogP contribution in [0.3, 0.4) is 0 Å². The second-order valence-corrected chi connectivity index (χ2v) is 5.09. The summed E-state index contributed by atoms with van der Waals surface area (Å²) < 4.78 is 4.21. The zero-order valence-corrected chi connectivity index (χ0v) is 9.82. The number of carboxylic acid groups (broad SMARTS) is 1. The van der Waals surface area contributed by atoms with E-state index >= 15 is 0 Å². The van der Waals surface area contributed by atoms with Gasteiger partial charge in [0, 0.05) is 17.3 Å². The molecule has 14 heavy (non-hydrogen) atoms. The van der Waals surface area contributed by atoms with Crippen molar-refractivity contribution < 1.29 is 9.90 Å². The number of aromatic nitrogens is 2. The highest BCUT2D eigenvalue weighted by Crippen LogP contribution is 2.25. The highest BCUT2D eigenvalue weighted by molar-refractivity contribution is 7.99. The second-order valence-electron chi connectivity index (χ2n) is 2.54. The monoisotopic (exact) mass is 252 g/mol. The van der Waals surface area contributed by atoms with Crippen molar-refractivity contribution in [2.24, 2.45) is 0 Å². The summed E-state index contributed by atoms with van der Waals surface area (Å²) in [6.45, 7) is 1.84. The Hall–Kier alpha value is -0.330. The fraction of sp³-hybridized carbons (Fsp3) is 0.571. The summed E-state index contributed by atoms with van der Waals surface area (Å²) in [5, 5.41) is 12.2. The SMILES string of the molecule is CCC(SCc1nnsc1Cl)C(=O)O. The van der Waals surface area contributed by atoms with Crippen molar-refractivity contribution >= 4 is 40.9 Å². The van der Waals surface area contributed by atoms with E-state index in [1.807, 2.05) is 6.92 Å². The summed E-state index contributed by atoms with van der Waals surface area (Å²) in [6, 6.07) is 0. The lowest BCUT2D eigenvalue weighted by atomic mass is 10.3. The van der Waals surface area contributed by atoms with Gasteiger partial charge in [0.25, 0.3) is 0 Å². The lowest BCUT2D eigenvalue weighted by Gasteiger charge is -2.07. The molecule has 78 valence electrons. The van der Waals surface area contributed by atoms with E-state index in [4.69, 9.17) is 16.7 Å². The molecular formula is C7H9ClN2O2S2. The molecule has 0 aliphatic heterocycles. The number of rotatable bonds is 5. The van der Waals surface area contributed by atoms with E-state index in [2.05, 4.69) is 9.59 Å². The zero-order valence-electron chi connectivity index (χ0n) is 7.44. The molecule has 1 unspecified atom stereocenters. The first-order valence-electron chi connectivity index (χ1n) is 3.96. The number of carboxylic acids is 1. The number of nitrogens with zero attached hydrogens (tertiary/aromatic N) is 2. The number of thioether (sulfide) groups is 1. The third-order valence-corrected chi connectivity index (χ3v) is 3.94. The summed E-state index contributed by atoms with van der Waals surface area (Å²) in [5.41, 5.74) is 0.668. The van der Waals surface area contributed by atoms with Gasteiger partial charge in [0.15, 0.2) is 0 Å². The molecule has 0 bridgehead atoms. The van der Waals surface area contributed by atoms with E-state index in [9.17, 15) is 4.79 Å². The molecule has 1 aromatic rings. The van der Waals surface area contributed by atoms with Gasteiger partial charge in [-0.3, -0.25) is 4.79 Å². The highest BCUT2D eigenvalue weighted by Gasteiger charge is 2.17. The van der Waals surface area contributed by atoms with Crippen LogP contribution in [0.25, 0.3) is 0 Å². The Morgan fingerprint density at radius 2 is 2.50 bits per heavy atom. The van der Waals surface area contributed by atoms with Crippen molar-refractivity contribution in [1.29, 1.82) is 0 Å². The minimum Gasteiger partial charge on any atom is -0.480 e. The predicted molar refractivity (Wildman–Crippen MR) is 57.9 cm³/mol. The molecule has 0 spiro atoms. The van der Waals surface area contributed by atoms with Crippen molar-refractivity contribution in [3.05, 3.63) is 10.0 Å². The maximum Gasteiger partial charge on any atom is 0.316 e. The van der Waals surface area contributed by atoms with Gasteiger partial charge in [0.2, 0.25) is 0 Å². The maximum atomic E-state index is 10.7. The van der Waals surface area contributed by atoms with Crippen molar-refractivity contribution in [3.63, 3.8) is 0 Å². The quantitative estimate of drug-likeness (QED) is 0.871. The molecule has 0 aliphatic carbocycles. The number of halogens is 1. The summed E-state index contributed by atoms with van der Waals surface area (Å²) in [6.07, 6.45) is 0.592. The molecule has 1 N–H and O–H groups in total. The third-order valence-electron chi connectivity index (χ3n) is 1.58. The third kappa shape index (κ3) is 3.11. The van der Waals surface area contributed by atoms with Crippen LogP contribution in [0.15, 0.2) is 0 Å². The van der Waals surface area contributed by atoms with Gasteiger partial charge in [-0.2, -0.15) is 0 Å². The van der Waals surface area contributed by atoms with Crippen molar-refractivity contribution in [2.75, 3.05) is 0 Å². The predicted octanol–water partition coefficient (Wildman–Crippen LogP) is 2.29. The molecule has 1 aromatic heterocycles. The first-order valence-corrected chi connectivity index (χ1v) is 6.16.